The zero-order valence-electron chi connectivity index (χ0n) is 12.5. The van der Waals surface area contributed by atoms with E-state index in [1.165, 1.54) is 71.0 Å². The van der Waals surface area contributed by atoms with Crippen LogP contribution >= 0.6 is 0 Å². The van der Waals surface area contributed by atoms with E-state index in [1.807, 2.05) is 0 Å². The van der Waals surface area contributed by atoms with Gasteiger partial charge in [-0.2, -0.15) is 0 Å². The molecule has 0 spiro atoms. The molecular weight excluding hydrogens is 220 g/mol. The van der Waals surface area contributed by atoms with Crippen molar-refractivity contribution in [2.45, 2.75) is 77.3 Å². The fourth-order valence-electron chi connectivity index (χ4n) is 3.82. The van der Waals surface area contributed by atoms with E-state index in [0.29, 0.717) is 0 Å². The van der Waals surface area contributed by atoms with Crippen LogP contribution in [-0.4, -0.2) is 36.6 Å². The van der Waals surface area contributed by atoms with Gasteiger partial charge >= 0.3 is 0 Å². The largest absolute Gasteiger partial charge is 0.313 e. The first-order chi connectivity index (χ1) is 8.83. The fourth-order valence-corrected chi connectivity index (χ4v) is 3.82. The summed E-state index contributed by atoms with van der Waals surface area (Å²) in [6.45, 7) is 8.52. The molecule has 0 radical (unpaired) electrons. The molecule has 0 aromatic carbocycles. The van der Waals surface area contributed by atoms with Gasteiger partial charge in [0.1, 0.15) is 0 Å². The van der Waals surface area contributed by atoms with Crippen molar-refractivity contribution in [3.05, 3.63) is 0 Å². The number of nitrogens with one attached hydrogen (secondary N) is 1. The second-order valence-corrected chi connectivity index (χ2v) is 6.37. The molecule has 2 heteroatoms. The van der Waals surface area contributed by atoms with Gasteiger partial charge in [0.15, 0.2) is 0 Å². The minimum atomic E-state index is 0.751. The summed E-state index contributed by atoms with van der Waals surface area (Å²) in [4.78, 5) is 2.81. The van der Waals surface area contributed by atoms with Crippen LogP contribution in [0.15, 0.2) is 0 Å². The van der Waals surface area contributed by atoms with Crippen LogP contribution in [0.1, 0.15) is 65.2 Å². The van der Waals surface area contributed by atoms with Crippen molar-refractivity contribution in [2.75, 3.05) is 19.6 Å². The van der Waals surface area contributed by atoms with Crippen molar-refractivity contribution in [1.29, 1.82) is 0 Å². The Balaban J connectivity index is 1.83. The highest BCUT2D eigenvalue weighted by molar-refractivity contribution is 4.84. The molecule has 0 bridgehead atoms. The zero-order chi connectivity index (χ0) is 12.8. The Bertz CT molecular complexity index is 221. The van der Waals surface area contributed by atoms with Gasteiger partial charge in [-0.05, 0) is 57.5 Å². The summed E-state index contributed by atoms with van der Waals surface area (Å²) in [7, 11) is 0. The Morgan fingerprint density at radius 2 is 1.89 bits per heavy atom. The predicted molar refractivity (Wildman–Crippen MR) is 78.9 cm³/mol. The summed E-state index contributed by atoms with van der Waals surface area (Å²) in [5.74, 6) is 1.03. The number of rotatable bonds is 4. The fraction of sp³-hybridized carbons (Fsp3) is 1.00. The monoisotopic (exact) mass is 252 g/mol. The van der Waals surface area contributed by atoms with Crippen LogP contribution in [0.5, 0.6) is 0 Å². The van der Waals surface area contributed by atoms with Gasteiger partial charge in [0.25, 0.3) is 0 Å². The van der Waals surface area contributed by atoms with Crippen LogP contribution in [0.4, 0.5) is 0 Å². The third-order valence-corrected chi connectivity index (χ3v) is 5.06. The van der Waals surface area contributed by atoms with Crippen LogP contribution in [0, 0.1) is 5.92 Å². The topological polar surface area (TPSA) is 15.3 Å². The van der Waals surface area contributed by atoms with Gasteiger partial charge in [0.2, 0.25) is 0 Å². The molecule has 1 unspecified atom stereocenters. The number of hydrogen-bond acceptors (Lipinski definition) is 2. The van der Waals surface area contributed by atoms with Crippen molar-refractivity contribution in [1.82, 2.24) is 10.2 Å². The maximum atomic E-state index is 3.73. The lowest BCUT2D eigenvalue weighted by molar-refractivity contribution is 0.131. The highest BCUT2D eigenvalue weighted by atomic mass is 15.2. The van der Waals surface area contributed by atoms with Crippen LogP contribution in [0.3, 0.4) is 0 Å². The quantitative estimate of drug-likeness (QED) is 0.825. The number of hydrogen-bond donors (Lipinski definition) is 1. The molecule has 1 atom stereocenters. The minimum Gasteiger partial charge on any atom is -0.313 e. The lowest BCUT2D eigenvalue weighted by atomic mass is 9.84. The zero-order valence-corrected chi connectivity index (χ0v) is 12.5. The molecule has 0 amide bonds. The van der Waals surface area contributed by atoms with Crippen LogP contribution in [-0.2, 0) is 0 Å². The molecule has 2 fully saturated rings. The summed E-state index contributed by atoms with van der Waals surface area (Å²) >= 11 is 0. The Morgan fingerprint density at radius 1 is 1.11 bits per heavy atom. The Hall–Kier alpha value is -0.0800. The van der Waals surface area contributed by atoms with E-state index in [9.17, 15) is 0 Å². The van der Waals surface area contributed by atoms with Crippen LogP contribution in [0.2, 0.25) is 0 Å². The van der Waals surface area contributed by atoms with Crippen LogP contribution in [0.25, 0.3) is 0 Å². The van der Waals surface area contributed by atoms with Gasteiger partial charge in [-0.15, -0.1) is 0 Å². The van der Waals surface area contributed by atoms with E-state index in [4.69, 9.17) is 0 Å². The van der Waals surface area contributed by atoms with Gasteiger partial charge < -0.3 is 5.32 Å². The molecule has 1 heterocycles. The van der Waals surface area contributed by atoms with Crippen molar-refractivity contribution in [3.8, 4) is 0 Å². The van der Waals surface area contributed by atoms with E-state index < -0.39 is 0 Å². The van der Waals surface area contributed by atoms with E-state index in [2.05, 4.69) is 24.1 Å². The molecule has 0 aromatic heterocycles. The SMILES string of the molecule is CCCC1CN(C2CCC(CC)CC2)CCCN1. The van der Waals surface area contributed by atoms with Gasteiger partial charge in [-0.1, -0.05) is 26.7 Å². The lowest BCUT2D eigenvalue weighted by Gasteiger charge is -2.37. The predicted octanol–water partition coefficient (Wildman–Crippen LogP) is 3.42. The van der Waals surface area contributed by atoms with Gasteiger partial charge in [0, 0.05) is 18.6 Å². The van der Waals surface area contributed by atoms with Crippen molar-refractivity contribution < 1.29 is 0 Å². The lowest BCUT2D eigenvalue weighted by Crippen LogP contribution is -2.44. The first-order valence-corrected chi connectivity index (χ1v) is 8.30. The average molecular weight is 252 g/mol. The summed E-state index contributed by atoms with van der Waals surface area (Å²) in [5, 5.41) is 3.73. The summed E-state index contributed by atoms with van der Waals surface area (Å²) in [6, 6.07) is 1.65. The normalized spacial score (nSPS) is 35.3. The van der Waals surface area contributed by atoms with Crippen molar-refractivity contribution in [2.24, 2.45) is 5.92 Å². The third kappa shape index (κ3) is 3.96. The van der Waals surface area contributed by atoms with E-state index in [1.54, 1.807) is 0 Å². The maximum absolute atomic E-state index is 3.73. The smallest absolute Gasteiger partial charge is 0.0195 e. The third-order valence-electron chi connectivity index (χ3n) is 5.06. The van der Waals surface area contributed by atoms with Gasteiger partial charge in [0.05, 0.1) is 0 Å². The molecule has 106 valence electrons. The summed E-state index contributed by atoms with van der Waals surface area (Å²) in [6.07, 6.45) is 11.3. The summed E-state index contributed by atoms with van der Waals surface area (Å²) < 4.78 is 0. The molecular formula is C16H32N2. The molecule has 1 N–H and O–H groups in total. The summed E-state index contributed by atoms with van der Waals surface area (Å²) in [5.41, 5.74) is 0. The molecule has 2 rings (SSSR count). The first kappa shape index (κ1) is 14.3. The molecule has 2 aliphatic rings. The highest BCUT2D eigenvalue weighted by Gasteiger charge is 2.27. The molecule has 2 nitrogen and oxygen atoms in total. The first-order valence-electron chi connectivity index (χ1n) is 8.30. The standard InChI is InChI=1S/C16H32N2/c1-3-6-15-13-18(12-5-11-17-15)16-9-7-14(4-2)8-10-16/h14-17H,3-13H2,1-2H3. The van der Waals surface area contributed by atoms with E-state index in [-0.39, 0.29) is 0 Å². The van der Waals surface area contributed by atoms with Crippen molar-refractivity contribution in [3.63, 3.8) is 0 Å². The van der Waals surface area contributed by atoms with Crippen molar-refractivity contribution >= 4 is 0 Å². The molecule has 1 aliphatic carbocycles. The minimum absolute atomic E-state index is 0.751. The highest BCUT2D eigenvalue weighted by Crippen LogP contribution is 2.30. The van der Waals surface area contributed by atoms with Gasteiger partial charge in [-0.25, -0.2) is 0 Å². The van der Waals surface area contributed by atoms with E-state index in [0.717, 1.165) is 18.0 Å². The van der Waals surface area contributed by atoms with Crippen LogP contribution < -0.4 is 5.32 Å². The molecule has 1 saturated carbocycles. The van der Waals surface area contributed by atoms with E-state index >= 15 is 0 Å². The molecule has 1 aliphatic heterocycles. The molecule has 18 heavy (non-hydrogen) atoms. The Labute approximate surface area is 114 Å². The second-order valence-electron chi connectivity index (χ2n) is 6.37. The Kier molecular flexibility index (Phi) is 5.97. The van der Waals surface area contributed by atoms with Gasteiger partial charge in [-0.3, -0.25) is 4.90 Å². The molecule has 0 aromatic rings. The maximum Gasteiger partial charge on any atom is 0.0195 e. The number of nitrogens with zero attached hydrogens (tertiary/aromatic N) is 1. The second kappa shape index (κ2) is 7.49. The Morgan fingerprint density at radius 3 is 2.56 bits per heavy atom. The molecule has 1 saturated heterocycles. The average Bonchev–Trinajstić information content (AvgIpc) is 2.65.